The van der Waals surface area contributed by atoms with Gasteiger partial charge in [0.25, 0.3) is 0 Å². The van der Waals surface area contributed by atoms with Gasteiger partial charge in [-0.25, -0.2) is 9.69 Å². The maximum atomic E-state index is 12.4. The second-order valence-corrected chi connectivity index (χ2v) is 8.28. The van der Waals surface area contributed by atoms with Gasteiger partial charge in [0, 0.05) is 17.5 Å². The summed E-state index contributed by atoms with van der Waals surface area (Å²) in [7, 11) is 0. The van der Waals surface area contributed by atoms with Gasteiger partial charge in [0.1, 0.15) is 5.60 Å². The quantitative estimate of drug-likeness (QED) is 0.703. The number of carbonyl (C=O) groups excluding carboxylic acids is 2. The van der Waals surface area contributed by atoms with Gasteiger partial charge in [-0.2, -0.15) is 0 Å². The molecule has 142 valence electrons. The molecule has 27 heavy (non-hydrogen) atoms. The van der Waals surface area contributed by atoms with Crippen LogP contribution < -0.4 is 0 Å². The third-order valence-electron chi connectivity index (χ3n) is 4.50. The summed E-state index contributed by atoms with van der Waals surface area (Å²) in [6, 6.07) is 15.7. The van der Waals surface area contributed by atoms with Crippen molar-refractivity contribution in [2.45, 2.75) is 51.7 Å². The van der Waals surface area contributed by atoms with Crippen LogP contribution in [0.1, 0.15) is 39.2 Å². The van der Waals surface area contributed by atoms with Crippen molar-refractivity contribution in [2.75, 3.05) is 0 Å². The fraction of sp³-hybridized carbons (Fsp3) is 0.364. The van der Waals surface area contributed by atoms with Crippen LogP contribution in [0, 0.1) is 0 Å². The van der Waals surface area contributed by atoms with Crippen molar-refractivity contribution in [3.05, 3.63) is 59.1 Å². The Labute approximate surface area is 165 Å². The minimum Gasteiger partial charge on any atom is -0.443 e. The summed E-state index contributed by atoms with van der Waals surface area (Å²) in [5, 5.41) is 0.703. The normalized spacial score (nSPS) is 17.3. The van der Waals surface area contributed by atoms with Gasteiger partial charge in [-0.3, -0.25) is 4.79 Å². The van der Waals surface area contributed by atoms with Crippen molar-refractivity contribution in [2.24, 2.45) is 0 Å². The van der Waals surface area contributed by atoms with E-state index in [2.05, 4.69) is 0 Å². The van der Waals surface area contributed by atoms with Gasteiger partial charge in [-0.1, -0.05) is 48.0 Å². The SMILES string of the molecule is CC(C)(C)OC(=O)N1C(=O)CC[C@H]1Cc1ccc(-c2cccc(Cl)c2)cc1. The van der Waals surface area contributed by atoms with Gasteiger partial charge in [-0.15, -0.1) is 0 Å². The standard InChI is InChI=1S/C22H24ClNO3/c1-22(2,3)27-21(26)24-19(11-12-20(24)25)13-15-7-9-16(10-8-15)17-5-4-6-18(23)14-17/h4-10,14,19H,11-13H2,1-3H3/t19-/m0/s1. The van der Waals surface area contributed by atoms with E-state index in [9.17, 15) is 9.59 Å². The van der Waals surface area contributed by atoms with Crippen molar-refractivity contribution in [1.29, 1.82) is 0 Å². The van der Waals surface area contributed by atoms with E-state index in [4.69, 9.17) is 16.3 Å². The van der Waals surface area contributed by atoms with E-state index in [0.717, 1.165) is 16.7 Å². The largest absolute Gasteiger partial charge is 0.443 e. The molecule has 0 spiro atoms. The molecule has 2 amide bonds. The van der Waals surface area contributed by atoms with E-state index in [1.165, 1.54) is 4.90 Å². The summed E-state index contributed by atoms with van der Waals surface area (Å²) in [6.45, 7) is 5.40. The van der Waals surface area contributed by atoms with E-state index in [1.807, 2.05) is 48.5 Å². The Kier molecular flexibility index (Phi) is 5.56. The molecule has 0 radical (unpaired) electrons. The molecule has 0 aromatic heterocycles. The highest BCUT2D eigenvalue weighted by atomic mass is 35.5. The van der Waals surface area contributed by atoms with E-state index < -0.39 is 11.7 Å². The van der Waals surface area contributed by atoms with Crippen molar-refractivity contribution in [1.82, 2.24) is 4.90 Å². The smallest absolute Gasteiger partial charge is 0.417 e. The average molecular weight is 386 g/mol. The maximum absolute atomic E-state index is 12.4. The lowest BCUT2D eigenvalue weighted by atomic mass is 10.00. The molecule has 1 atom stereocenters. The van der Waals surface area contributed by atoms with Gasteiger partial charge >= 0.3 is 6.09 Å². The average Bonchev–Trinajstić information content (AvgIpc) is 2.94. The second-order valence-electron chi connectivity index (χ2n) is 7.85. The minimum absolute atomic E-state index is 0.162. The monoisotopic (exact) mass is 385 g/mol. The van der Waals surface area contributed by atoms with E-state index in [1.54, 1.807) is 20.8 Å². The Morgan fingerprint density at radius 1 is 1.15 bits per heavy atom. The summed E-state index contributed by atoms with van der Waals surface area (Å²) < 4.78 is 5.40. The Morgan fingerprint density at radius 2 is 1.85 bits per heavy atom. The minimum atomic E-state index is -0.622. The lowest BCUT2D eigenvalue weighted by Crippen LogP contribution is -2.43. The number of imide groups is 1. The number of likely N-dealkylation sites (tertiary alicyclic amines) is 1. The van der Waals surface area contributed by atoms with Crippen molar-refractivity contribution in [3.8, 4) is 11.1 Å². The van der Waals surface area contributed by atoms with Crippen LogP contribution in [0.2, 0.25) is 5.02 Å². The van der Waals surface area contributed by atoms with Gasteiger partial charge < -0.3 is 4.74 Å². The van der Waals surface area contributed by atoms with Crippen LogP contribution in [-0.4, -0.2) is 28.5 Å². The molecule has 0 saturated carbocycles. The van der Waals surface area contributed by atoms with Gasteiger partial charge in [0.15, 0.2) is 0 Å². The summed E-state index contributed by atoms with van der Waals surface area (Å²) in [4.78, 5) is 25.9. The van der Waals surface area contributed by atoms with Gasteiger partial charge in [0.05, 0.1) is 0 Å². The highest BCUT2D eigenvalue weighted by Gasteiger charge is 2.38. The van der Waals surface area contributed by atoms with E-state index in [-0.39, 0.29) is 11.9 Å². The van der Waals surface area contributed by atoms with Crippen LogP contribution in [0.15, 0.2) is 48.5 Å². The molecular weight excluding hydrogens is 362 g/mol. The maximum Gasteiger partial charge on any atom is 0.417 e. The molecule has 0 N–H and O–H groups in total. The summed E-state index contributed by atoms with van der Waals surface area (Å²) in [5.41, 5.74) is 2.59. The molecule has 0 unspecified atom stereocenters. The van der Waals surface area contributed by atoms with Crippen molar-refractivity contribution < 1.29 is 14.3 Å². The summed E-state index contributed by atoms with van der Waals surface area (Å²) in [5.74, 6) is -0.162. The summed E-state index contributed by atoms with van der Waals surface area (Å²) >= 11 is 6.06. The number of benzene rings is 2. The lowest BCUT2D eigenvalue weighted by Gasteiger charge is -2.27. The van der Waals surface area contributed by atoms with Crippen LogP contribution in [0.25, 0.3) is 11.1 Å². The Bertz CT molecular complexity index is 839. The predicted octanol–water partition coefficient (Wildman–Crippen LogP) is 5.48. The number of amides is 2. The summed E-state index contributed by atoms with van der Waals surface area (Å²) in [6.07, 6.45) is 1.12. The number of halogens is 1. The fourth-order valence-corrected chi connectivity index (χ4v) is 3.46. The zero-order valence-corrected chi connectivity index (χ0v) is 16.6. The van der Waals surface area contributed by atoms with Crippen LogP contribution in [-0.2, 0) is 16.0 Å². The zero-order valence-electron chi connectivity index (χ0n) is 15.9. The number of rotatable bonds is 3. The van der Waals surface area contributed by atoms with E-state index in [0.29, 0.717) is 24.3 Å². The first-order valence-corrected chi connectivity index (χ1v) is 9.51. The number of carbonyl (C=O) groups is 2. The molecule has 1 heterocycles. The first-order valence-electron chi connectivity index (χ1n) is 9.13. The molecule has 1 fully saturated rings. The first-order chi connectivity index (χ1) is 12.7. The molecule has 3 rings (SSSR count). The van der Waals surface area contributed by atoms with Gasteiger partial charge in [0.2, 0.25) is 5.91 Å². The van der Waals surface area contributed by atoms with Crippen molar-refractivity contribution in [3.63, 3.8) is 0 Å². The molecule has 0 bridgehead atoms. The highest BCUT2D eigenvalue weighted by Crippen LogP contribution is 2.27. The first kappa shape index (κ1) is 19.4. The molecule has 1 aliphatic rings. The van der Waals surface area contributed by atoms with Crippen molar-refractivity contribution >= 4 is 23.6 Å². The third-order valence-corrected chi connectivity index (χ3v) is 4.73. The van der Waals surface area contributed by atoms with E-state index >= 15 is 0 Å². The topological polar surface area (TPSA) is 46.6 Å². The van der Waals surface area contributed by atoms with Crippen LogP contribution in [0.3, 0.4) is 0 Å². The molecule has 2 aromatic rings. The highest BCUT2D eigenvalue weighted by molar-refractivity contribution is 6.30. The molecule has 5 heteroatoms. The fourth-order valence-electron chi connectivity index (χ4n) is 3.27. The zero-order chi connectivity index (χ0) is 19.6. The Hall–Kier alpha value is -2.33. The molecule has 4 nitrogen and oxygen atoms in total. The predicted molar refractivity (Wildman–Crippen MR) is 107 cm³/mol. The van der Waals surface area contributed by atoms with Gasteiger partial charge in [-0.05, 0) is 62.4 Å². The third kappa shape index (κ3) is 4.89. The molecule has 2 aromatic carbocycles. The Balaban J connectivity index is 1.72. The second kappa shape index (κ2) is 7.73. The number of nitrogens with zero attached hydrogens (tertiary/aromatic N) is 1. The van der Waals surface area contributed by atoms with Crippen LogP contribution in [0.4, 0.5) is 4.79 Å². The molecular formula is C22H24ClNO3. The molecule has 1 aliphatic heterocycles. The lowest BCUT2D eigenvalue weighted by molar-refractivity contribution is -0.128. The number of ether oxygens (including phenoxy) is 1. The van der Waals surface area contributed by atoms with Crippen LogP contribution in [0.5, 0.6) is 0 Å². The molecule has 0 aliphatic carbocycles. The van der Waals surface area contributed by atoms with Crippen LogP contribution >= 0.6 is 11.6 Å². The Morgan fingerprint density at radius 3 is 2.48 bits per heavy atom. The number of hydrogen-bond donors (Lipinski definition) is 0. The molecule has 1 saturated heterocycles. The number of hydrogen-bond acceptors (Lipinski definition) is 3.